The SMILES string of the molecule is CCOc1cc(C=Nn2c(CC)nc3ccc(Br)cc3c2=O)c(Br)c(Br)c1OCC(=O)Nc1ccc(C)cc1. The van der Waals surface area contributed by atoms with E-state index in [9.17, 15) is 9.59 Å². The minimum atomic E-state index is -0.308. The largest absolute Gasteiger partial charge is 0.490 e. The summed E-state index contributed by atoms with van der Waals surface area (Å²) in [6.07, 6.45) is 2.07. The van der Waals surface area contributed by atoms with E-state index in [1.165, 1.54) is 4.68 Å². The molecule has 0 unspecified atom stereocenters. The van der Waals surface area contributed by atoms with Gasteiger partial charge in [0, 0.05) is 26.6 Å². The Kier molecular flexibility index (Phi) is 9.58. The van der Waals surface area contributed by atoms with Crippen LogP contribution in [0.25, 0.3) is 10.9 Å². The predicted molar refractivity (Wildman–Crippen MR) is 164 cm³/mol. The number of ether oxygens (including phenoxy) is 2. The number of hydrogen-bond donors (Lipinski definition) is 1. The second-order valence-electron chi connectivity index (χ2n) is 8.46. The molecule has 1 N–H and O–H groups in total. The Bertz CT molecular complexity index is 1620. The number of amides is 1. The molecule has 0 radical (unpaired) electrons. The summed E-state index contributed by atoms with van der Waals surface area (Å²) in [7, 11) is 0. The van der Waals surface area contributed by atoms with Crippen LogP contribution in [0.4, 0.5) is 5.69 Å². The molecule has 8 nitrogen and oxygen atoms in total. The predicted octanol–water partition coefficient (Wildman–Crippen LogP) is 6.85. The minimum absolute atomic E-state index is 0.222. The average molecular weight is 721 g/mol. The molecule has 39 heavy (non-hydrogen) atoms. The molecule has 1 amide bonds. The number of aromatic nitrogens is 2. The summed E-state index contributed by atoms with van der Waals surface area (Å²) < 4.78 is 14.9. The second kappa shape index (κ2) is 12.9. The number of nitrogens with one attached hydrogen (secondary N) is 1. The molecule has 0 bridgehead atoms. The first-order valence-corrected chi connectivity index (χ1v) is 14.5. The summed E-state index contributed by atoms with van der Waals surface area (Å²) in [6.45, 7) is 5.90. The van der Waals surface area contributed by atoms with Crippen molar-refractivity contribution in [2.45, 2.75) is 27.2 Å². The van der Waals surface area contributed by atoms with Gasteiger partial charge in [0.05, 0.1) is 28.2 Å². The van der Waals surface area contributed by atoms with Gasteiger partial charge < -0.3 is 14.8 Å². The van der Waals surface area contributed by atoms with Gasteiger partial charge in [-0.05, 0) is 82.1 Å². The van der Waals surface area contributed by atoms with Crippen LogP contribution in [0, 0.1) is 6.92 Å². The Morgan fingerprint density at radius 2 is 1.79 bits per heavy atom. The van der Waals surface area contributed by atoms with E-state index in [0.717, 1.165) is 10.0 Å². The van der Waals surface area contributed by atoms with E-state index in [-0.39, 0.29) is 18.1 Å². The van der Waals surface area contributed by atoms with E-state index in [2.05, 4.69) is 63.2 Å². The molecule has 0 saturated carbocycles. The first kappa shape index (κ1) is 29.0. The zero-order valence-corrected chi connectivity index (χ0v) is 26.2. The van der Waals surface area contributed by atoms with E-state index >= 15 is 0 Å². The summed E-state index contributed by atoms with van der Waals surface area (Å²) in [5, 5.41) is 7.75. The number of anilines is 1. The third-order valence-electron chi connectivity index (χ3n) is 5.64. The van der Waals surface area contributed by atoms with Crippen LogP contribution in [0.2, 0.25) is 0 Å². The van der Waals surface area contributed by atoms with E-state index in [4.69, 9.17) is 9.47 Å². The monoisotopic (exact) mass is 718 g/mol. The summed E-state index contributed by atoms with van der Waals surface area (Å²) >= 11 is 10.5. The van der Waals surface area contributed by atoms with Crippen molar-refractivity contribution < 1.29 is 14.3 Å². The lowest BCUT2D eigenvalue weighted by molar-refractivity contribution is -0.118. The molecule has 0 spiro atoms. The maximum atomic E-state index is 13.2. The fourth-order valence-electron chi connectivity index (χ4n) is 3.73. The number of carbonyl (C=O) groups is 1. The molecule has 1 heterocycles. The Labute approximate surface area is 250 Å². The molecule has 4 aromatic rings. The van der Waals surface area contributed by atoms with Gasteiger partial charge in [-0.15, -0.1) is 0 Å². The number of aryl methyl sites for hydroxylation is 2. The minimum Gasteiger partial charge on any atom is -0.490 e. The lowest BCUT2D eigenvalue weighted by atomic mass is 10.2. The highest BCUT2D eigenvalue weighted by atomic mass is 79.9. The number of halogens is 3. The van der Waals surface area contributed by atoms with Crippen LogP contribution in [-0.4, -0.2) is 35.0 Å². The Hall–Kier alpha value is -3.02. The van der Waals surface area contributed by atoms with Gasteiger partial charge in [-0.2, -0.15) is 9.78 Å². The standard InChI is InChI=1S/C28H25Br3N4O4/c1-4-23-34-21-11-8-18(29)13-20(21)28(37)35(23)32-14-17-12-22(38-5-2)27(26(31)25(17)30)39-15-24(36)33-19-9-6-16(3)7-10-19/h6-14H,4-5,15H2,1-3H3,(H,33,36). The number of hydrogen-bond acceptors (Lipinski definition) is 6. The van der Waals surface area contributed by atoms with E-state index in [1.807, 2.05) is 51.1 Å². The topological polar surface area (TPSA) is 94.8 Å². The third-order valence-corrected chi connectivity index (χ3v) is 8.28. The molecule has 0 fully saturated rings. The first-order chi connectivity index (χ1) is 18.7. The molecule has 202 valence electrons. The number of benzene rings is 3. The second-order valence-corrected chi connectivity index (χ2v) is 11.0. The summed E-state index contributed by atoms with van der Waals surface area (Å²) in [5.74, 6) is 1.01. The highest BCUT2D eigenvalue weighted by Crippen LogP contribution is 2.42. The van der Waals surface area contributed by atoms with Gasteiger partial charge in [0.15, 0.2) is 18.1 Å². The van der Waals surface area contributed by atoms with Crippen molar-refractivity contribution in [1.82, 2.24) is 9.66 Å². The van der Waals surface area contributed by atoms with Gasteiger partial charge in [-0.25, -0.2) is 4.98 Å². The first-order valence-electron chi connectivity index (χ1n) is 12.1. The fourth-order valence-corrected chi connectivity index (χ4v) is 5.03. The number of rotatable bonds is 9. The zero-order valence-electron chi connectivity index (χ0n) is 21.4. The molecule has 0 aliphatic rings. The van der Waals surface area contributed by atoms with Crippen LogP contribution in [0.15, 0.2) is 71.8 Å². The van der Waals surface area contributed by atoms with Crippen LogP contribution in [0.5, 0.6) is 11.5 Å². The maximum absolute atomic E-state index is 13.2. The van der Waals surface area contributed by atoms with Gasteiger partial charge >= 0.3 is 0 Å². The van der Waals surface area contributed by atoms with E-state index < -0.39 is 0 Å². The van der Waals surface area contributed by atoms with Gasteiger partial charge in [-0.3, -0.25) is 9.59 Å². The molecule has 1 aromatic heterocycles. The third kappa shape index (κ3) is 6.77. The maximum Gasteiger partial charge on any atom is 0.282 e. The van der Waals surface area contributed by atoms with Gasteiger partial charge in [0.2, 0.25) is 0 Å². The van der Waals surface area contributed by atoms with Gasteiger partial charge in [0.25, 0.3) is 11.5 Å². The average Bonchev–Trinajstić information content (AvgIpc) is 2.92. The number of carbonyl (C=O) groups excluding carboxylic acids is 1. The number of fused-ring (bicyclic) bond motifs is 1. The highest BCUT2D eigenvalue weighted by molar-refractivity contribution is 9.13. The van der Waals surface area contributed by atoms with E-state index in [1.54, 1.807) is 24.4 Å². The van der Waals surface area contributed by atoms with Crippen LogP contribution >= 0.6 is 47.8 Å². The Morgan fingerprint density at radius 1 is 1.05 bits per heavy atom. The van der Waals surface area contributed by atoms with Crippen molar-refractivity contribution >= 4 is 76.5 Å². The summed E-state index contributed by atoms with van der Waals surface area (Å²) in [5.41, 5.74) is 2.76. The molecule has 11 heteroatoms. The normalized spacial score (nSPS) is 11.2. The summed E-state index contributed by atoms with van der Waals surface area (Å²) in [4.78, 5) is 30.3. The summed E-state index contributed by atoms with van der Waals surface area (Å²) in [6, 6.07) is 14.6. The van der Waals surface area contributed by atoms with Crippen LogP contribution in [0.3, 0.4) is 0 Å². The van der Waals surface area contributed by atoms with Crippen molar-refractivity contribution in [2.24, 2.45) is 5.10 Å². The molecule has 0 aliphatic heterocycles. The molecule has 3 aromatic carbocycles. The molecule has 0 aliphatic carbocycles. The Balaban J connectivity index is 1.63. The van der Waals surface area contributed by atoms with Gasteiger partial charge in [0.1, 0.15) is 5.82 Å². The van der Waals surface area contributed by atoms with Crippen molar-refractivity contribution in [2.75, 3.05) is 18.5 Å². The van der Waals surface area contributed by atoms with Gasteiger partial charge in [-0.1, -0.05) is 40.5 Å². The molecular weight excluding hydrogens is 696 g/mol. The van der Waals surface area contributed by atoms with Crippen molar-refractivity contribution in [3.05, 3.63) is 89.3 Å². The lowest BCUT2D eigenvalue weighted by Gasteiger charge is -2.16. The molecule has 0 saturated heterocycles. The lowest BCUT2D eigenvalue weighted by Crippen LogP contribution is -2.22. The van der Waals surface area contributed by atoms with Crippen LogP contribution < -0.4 is 20.3 Å². The van der Waals surface area contributed by atoms with Crippen LogP contribution in [0.1, 0.15) is 30.8 Å². The molecule has 0 atom stereocenters. The smallest absolute Gasteiger partial charge is 0.282 e. The zero-order chi connectivity index (χ0) is 28.1. The quantitative estimate of drug-likeness (QED) is 0.191. The molecule has 4 rings (SSSR count). The molecular formula is C28H25Br3N4O4. The Morgan fingerprint density at radius 3 is 2.49 bits per heavy atom. The van der Waals surface area contributed by atoms with Crippen molar-refractivity contribution in [3.8, 4) is 11.5 Å². The fraction of sp³-hybridized carbons (Fsp3) is 0.214. The van der Waals surface area contributed by atoms with E-state index in [0.29, 0.717) is 61.5 Å². The van der Waals surface area contributed by atoms with Crippen molar-refractivity contribution in [1.29, 1.82) is 0 Å². The highest BCUT2D eigenvalue weighted by Gasteiger charge is 2.19. The van der Waals surface area contributed by atoms with Crippen LogP contribution in [-0.2, 0) is 11.2 Å². The van der Waals surface area contributed by atoms with Crippen molar-refractivity contribution in [3.63, 3.8) is 0 Å². The number of nitrogens with zero attached hydrogens (tertiary/aromatic N) is 3.